The van der Waals surface area contributed by atoms with E-state index >= 15 is 0 Å². The maximum Gasteiger partial charge on any atom is 0.101 e. The van der Waals surface area contributed by atoms with Gasteiger partial charge in [0, 0.05) is 11.7 Å². The SMILES string of the molecule is CCC1CCCCC1Nc1ccc(C#N)c(C#N)c1. The van der Waals surface area contributed by atoms with Crippen LogP contribution in [0.15, 0.2) is 18.2 Å². The topological polar surface area (TPSA) is 59.6 Å². The fourth-order valence-electron chi connectivity index (χ4n) is 2.92. The van der Waals surface area contributed by atoms with Crippen molar-refractivity contribution < 1.29 is 0 Å². The van der Waals surface area contributed by atoms with Gasteiger partial charge in [-0.3, -0.25) is 0 Å². The first-order valence-corrected chi connectivity index (χ1v) is 6.99. The summed E-state index contributed by atoms with van der Waals surface area (Å²) < 4.78 is 0. The highest BCUT2D eigenvalue weighted by Crippen LogP contribution is 2.29. The predicted molar refractivity (Wildman–Crippen MR) is 75.5 cm³/mol. The molecule has 1 N–H and O–H groups in total. The second kappa shape index (κ2) is 6.25. The van der Waals surface area contributed by atoms with E-state index in [0.717, 1.165) is 11.6 Å². The Bertz CT molecular complexity index is 522. The summed E-state index contributed by atoms with van der Waals surface area (Å²) >= 11 is 0. The molecule has 19 heavy (non-hydrogen) atoms. The van der Waals surface area contributed by atoms with Gasteiger partial charge in [-0.25, -0.2) is 0 Å². The van der Waals surface area contributed by atoms with Crippen molar-refractivity contribution in [3.05, 3.63) is 29.3 Å². The standard InChI is InChI=1S/C16H19N3/c1-2-12-5-3-4-6-16(12)19-15-8-7-13(10-17)14(9-15)11-18/h7-9,12,16,19H,2-6H2,1H3. The van der Waals surface area contributed by atoms with Crippen LogP contribution in [0.4, 0.5) is 5.69 Å². The highest BCUT2D eigenvalue weighted by Gasteiger charge is 2.23. The van der Waals surface area contributed by atoms with Crippen molar-refractivity contribution >= 4 is 5.69 Å². The summed E-state index contributed by atoms with van der Waals surface area (Å²) in [5.74, 6) is 0.718. The molecule has 0 saturated heterocycles. The van der Waals surface area contributed by atoms with E-state index in [9.17, 15) is 0 Å². The number of nitrogens with zero attached hydrogens (tertiary/aromatic N) is 2. The summed E-state index contributed by atoms with van der Waals surface area (Å²) in [5.41, 5.74) is 1.86. The van der Waals surface area contributed by atoms with Crippen LogP contribution < -0.4 is 5.32 Å². The third kappa shape index (κ3) is 3.06. The van der Waals surface area contributed by atoms with Gasteiger partial charge in [-0.15, -0.1) is 0 Å². The molecule has 1 aliphatic rings. The molecule has 1 aromatic rings. The average molecular weight is 253 g/mol. The van der Waals surface area contributed by atoms with Gasteiger partial charge in [-0.1, -0.05) is 26.2 Å². The largest absolute Gasteiger partial charge is 0.382 e. The predicted octanol–water partition coefficient (Wildman–Crippen LogP) is 3.81. The third-order valence-electron chi connectivity index (χ3n) is 4.05. The van der Waals surface area contributed by atoms with Crippen molar-refractivity contribution in [3.63, 3.8) is 0 Å². The summed E-state index contributed by atoms with van der Waals surface area (Å²) in [6.07, 6.45) is 6.28. The zero-order chi connectivity index (χ0) is 13.7. The molecule has 1 fully saturated rings. The number of nitrogens with one attached hydrogen (secondary N) is 1. The van der Waals surface area contributed by atoms with Crippen LogP contribution in [-0.2, 0) is 0 Å². The van der Waals surface area contributed by atoms with Crippen molar-refractivity contribution in [1.29, 1.82) is 10.5 Å². The molecule has 0 amide bonds. The summed E-state index contributed by atoms with van der Waals surface area (Å²) in [6, 6.07) is 10.1. The fraction of sp³-hybridized carbons (Fsp3) is 0.500. The minimum absolute atomic E-state index is 0.448. The van der Waals surface area contributed by atoms with Crippen molar-refractivity contribution in [2.45, 2.75) is 45.1 Å². The number of rotatable bonds is 3. The average Bonchev–Trinajstić information content (AvgIpc) is 2.47. The molecule has 2 unspecified atom stereocenters. The minimum Gasteiger partial charge on any atom is -0.382 e. The molecular weight excluding hydrogens is 234 g/mol. The van der Waals surface area contributed by atoms with Gasteiger partial charge < -0.3 is 5.32 Å². The first-order chi connectivity index (χ1) is 9.28. The smallest absolute Gasteiger partial charge is 0.101 e. The molecule has 0 radical (unpaired) electrons. The summed E-state index contributed by atoms with van der Waals surface area (Å²) in [7, 11) is 0. The molecule has 2 atom stereocenters. The minimum atomic E-state index is 0.448. The lowest BCUT2D eigenvalue weighted by atomic mass is 9.83. The Hall–Kier alpha value is -2.00. The molecular formula is C16H19N3. The van der Waals surface area contributed by atoms with Gasteiger partial charge in [-0.2, -0.15) is 10.5 Å². The van der Waals surface area contributed by atoms with Gasteiger partial charge in [-0.05, 0) is 37.0 Å². The molecule has 0 heterocycles. The van der Waals surface area contributed by atoms with E-state index in [1.54, 1.807) is 12.1 Å². The van der Waals surface area contributed by atoms with Gasteiger partial charge >= 0.3 is 0 Å². The van der Waals surface area contributed by atoms with E-state index in [-0.39, 0.29) is 0 Å². The molecule has 1 aliphatic carbocycles. The molecule has 1 saturated carbocycles. The Balaban J connectivity index is 2.15. The Kier molecular flexibility index (Phi) is 4.42. The molecule has 0 bridgehead atoms. The van der Waals surface area contributed by atoms with Crippen LogP contribution in [0.1, 0.15) is 50.2 Å². The highest BCUT2D eigenvalue weighted by atomic mass is 14.9. The zero-order valence-corrected chi connectivity index (χ0v) is 11.3. The Labute approximate surface area is 114 Å². The second-order valence-corrected chi connectivity index (χ2v) is 5.19. The maximum atomic E-state index is 9.05. The monoisotopic (exact) mass is 253 g/mol. The van der Waals surface area contributed by atoms with Crippen LogP contribution in [0.25, 0.3) is 0 Å². The number of benzene rings is 1. The van der Waals surface area contributed by atoms with Crippen LogP contribution in [0, 0.1) is 28.6 Å². The fourth-order valence-corrected chi connectivity index (χ4v) is 2.92. The Morgan fingerprint density at radius 3 is 2.58 bits per heavy atom. The van der Waals surface area contributed by atoms with Crippen molar-refractivity contribution in [3.8, 4) is 12.1 Å². The number of anilines is 1. The lowest BCUT2D eigenvalue weighted by molar-refractivity contribution is 0.317. The van der Waals surface area contributed by atoms with Gasteiger partial charge in [0.2, 0.25) is 0 Å². The van der Waals surface area contributed by atoms with Crippen molar-refractivity contribution in [1.82, 2.24) is 0 Å². The quantitative estimate of drug-likeness (QED) is 0.891. The van der Waals surface area contributed by atoms with Gasteiger partial charge in [0.05, 0.1) is 11.1 Å². The van der Waals surface area contributed by atoms with Crippen LogP contribution >= 0.6 is 0 Å². The maximum absolute atomic E-state index is 9.05. The number of hydrogen-bond acceptors (Lipinski definition) is 3. The van der Waals surface area contributed by atoms with E-state index in [0.29, 0.717) is 17.2 Å². The summed E-state index contributed by atoms with van der Waals surface area (Å²) in [6.45, 7) is 2.24. The first kappa shape index (κ1) is 13.4. The molecule has 3 nitrogen and oxygen atoms in total. The van der Waals surface area contributed by atoms with Crippen LogP contribution in [0.3, 0.4) is 0 Å². The number of hydrogen-bond donors (Lipinski definition) is 1. The van der Waals surface area contributed by atoms with E-state index in [1.165, 1.54) is 32.1 Å². The number of nitriles is 2. The molecule has 2 rings (SSSR count). The Morgan fingerprint density at radius 1 is 1.16 bits per heavy atom. The van der Waals surface area contributed by atoms with Crippen LogP contribution in [-0.4, -0.2) is 6.04 Å². The van der Waals surface area contributed by atoms with Crippen LogP contribution in [0.5, 0.6) is 0 Å². The molecule has 0 aromatic heterocycles. The summed E-state index contributed by atoms with van der Waals surface area (Å²) in [4.78, 5) is 0. The van der Waals surface area contributed by atoms with Gasteiger partial charge in [0.15, 0.2) is 0 Å². The second-order valence-electron chi connectivity index (χ2n) is 5.19. The summed E-state index contributed by atoms with van der Waals surface area (Å²) in [5, 5.41) is 21.5. The molecule has 3 heteroatoms. The molecule has 98 valence electrons. The van der Waals surface area contributed by atoms with Crippen molar-refractivity contribution in [2.24, 2.45) is 5.92 Å². The normalized spacial score (nSPS) is 22.3. The van der Waals surface area contributed by atoms with Gasteiger partial charge in [0.1, 0.15) is 12.1 Å². The van der Waals surface area contributed by atoms with Crippen molar-refractivity contribution in [2.75, 3.05) is 5.32 Å². The highest BCUT2D eigenvalue weighted by molar-refractivity contribution is 5.56. The Morgan fingerprint density at radius 2 is 1.89 bits per heavy atom. The van der Waals surface area contributed by atoms with E-state index < -0.39 is 0 Å². The third-order valence-corrected chi connectivity index (χ3v) is 4.05. The first-order valence-electron chi connectivity index (χ1n) is 6.99. The van der Waals surface area contributed by atoms with E-state index in [1.807, 2.05) is 12.1 Å². The molecule has 0 spiro atoms. The van der Waals surface area contributed by atoms with Crippen LogP contribution in [0.2, 0.25) is 0 Å². The lowest BCUT2D eigenvalue weighted by Crippen LogP contribution is -2.31. The lowest BCUT2D eigenvalue weighted by Gasteiger charge is -2.32. The zero-order valence-electron chi connectivity index (χ0n) is 11.3. The molecule has 0 aliphatic heterocycles. The van der Waals surface area contributed by atoms with E-state index in [4.69, 9.17) is 10.5 Å². The van der Waals surface area contributed by atoms with E-state index in [2.05, 4.69) is 18.3 Å². The van der Waals surface area contributed by atoms with Gasteiger partial charge in [0.25, 0.3) is 0 Å². The molecule has 1 aromatic carbocycles.